The maximum atomic E-state index is 12.0. The van der Waals surface area contributed by atoms with E-state index >= 15 is 0 Å². The third-order valence-corrected chi connectivity index (χ3v) is 5.44. The number of rotatable bonds is 7. The van der Waals surface area contributed by atoms with Crippen molar-refractivity contribution in [2.24, 2.45) is 5.73 Å². The van der Waals surface area contributed by atoms with Gasteiger partial charge in [-0.15, -0.1) is 11.3 Å². The topological polar surface area (TPSA) is 71.2 Å². The van der Waals surface area contributed by atoms with Crippen LogP contribution in [0.4, 0.5) is 5.13 Å². The van der Waals surface area contributed by atoms with Gasteiger partial charge in [-0.05, 0) is 33.3 Å². The Bertz CT molecular complexity index is 570. The lowest BCUT2D eigenvalue weighted by Crippen LogP contribution is -2.28. The van der Waals surface area contributed by atoms with Crippen LogP contribution < -0.4 is 16.0 Å². The third-order valence-electron chi connectivity index (χ3n) is 3.22. The molecule has 0 aliphatic heterocycles. The van der Waals surface area contributed by atoms with Crippen LogP contribution in [0, 0.1) is 0 Å². The Morgan fingerprint density at radius 2 is 2.14 bits per heavy atom. The Labute approximate surface area is 133 Å². The van der Waals surface area contributed by atoms with Crippen molar-refractivity contribution in [1.29, 1.82) is 0 Å². The molecule has 2 aromatic heterocycles. The predicted molar refractivity (Wildman–Crippen MR) is 91.7 cm³/mol. The fourth-order valence-electron chi connectivity index (χ4n) is 1.97. The number of nitrogens with zero attached hydrogens (tertiary/aromatic N) is 2. The second-order valence-electron chi connectivity index (χ2n) is 4.97. The third kappa shape index (κ3) is 3.93. The van der Waals surface area contributed by atoms with Crippen molar-refractivity contribution < 1.29 is 4.79 Å². The zero-order valence-corrected chi connectivity index (χ0v) is 14.3. The summed E-state index contributed by atoms with van der Waals surface area (Å²) in [6.07, 6.45) is 0.788. The minimum atomic E-state index is -0.0322. The quantitative estimate of drug-likeness (QED) is 0.820. The van der Waals surface area contributed by atoms with Crippen molar-refractivity contribution in [1.82, 2.24) is 10.3 Å². The molecule has 1 amide bonds. The molecule has 0 radical (unpaired) electrons. The van der Waals surface area contributed by atoms with E-state index in [-0.39, 0.29) is 11.9 Å². The Kier molecular flexibility index (Phi) is 5.55. The van der Waals surface area contributed by atoms with E-state index in [0.717, 1.165) is 39.0 Å². The van der Waals surface area contributed by atoms with Crippen LogP contribution in [0.5, 0.6) is 0 Å². The summed E-state index contributed by atoms with van der Waals surface area (Å²) in [6.45, 7) is 8.68. The zero-order chi connectivity index (χ0) is 15.4. The molecule has 0 fully saturated rings. The van der Waals surface area contributed by atoms with Gasteiger partial charge in [0.1, 0.15) is 4.83 Å². The van der Waals surface area contributed by atoms with Crippen molar-refractivity contribution in [2.45, 2.75) is 33.2 Å². The largest absolute Gasteiger partial charge is 0.351 e. The van der Waals surface area contributed by atoms with Crippen LogP contribution in [0.15, 0.2) is 6.07 Å². The van der Waals surface area contributed by atoms with E-state index in [1.165, 1.54) is 11.3 Å². The summed E-state index contributed by atoms with van der Waals surface area (Å²) in [5, 5.41) is 3.93. The molecule has 2 rings (SSSR count). The number of carbonyl (C=O) groups is 1. The number of fused-ring (bicyclic) bond motifs is 1. The van der Waals surface area contributed by atoms with Gasteiger partial charge in [-0.2, -0.15) is 0 Å². The number of nitrogens with two attached hydrogens (primary N) is 1. The highest BCUT2D eigenvalue weighted by molar-refractivity contribution is 7.29. The summed E-state index contributed by atoms with van der Waals surface area (Å²) in [4.78, 5) is 20.6. The fraction of sp³-hybridized carbons (Fsp3) is 0.571. The average molecular weight is 326 g/mol. The lowest BCUT2D eigenvalue weighted by molar-refractivity contribution is 0.0957. The van der Waals surface area contributed by atoms with Crippen molar-refractivity contribution >= 4 is 43.2 Å². The summed E-state index contributed by atoms with van der Waals surface area (Å²) in [6, 6.07) is 2.04. The molecule has 0 saturated carbocycles. The lowest BCUT2D eigenvalue weighted by atomic mass is 10.2. The molecular formula is C14H22N4OS2. The van der Waals surface area contributed by atoms with Gasteiger partial charge >= 0.3 is 0 Å². The maximum absolute atomic E-state index is 12.0. The predicted octanol–water partition coefficient (Wildman–Crippen LogP) is 2.67. The van der Waals surface area contributed by atoms with E-state index < -0.39 is 0 Å². The smallest absolute Gasteiger partial charge is 0.261 e. The number of nitrogens with one attached hydrogen (secondary N) is 1. The number of amides is 1. The number of thiophene rings is 1. The highest BCUT2D eigenvalue weighted by atomic mass is 32.1. The number of hydrogen-bond donors (Lipinski definition) is 2. The van der Waals surface area contributed by atoms with Gasteiger partial charge in [-0.3, -0.25) is 4.79 Å². The fourth-order valence-corrected chi connectivity index (χ4v) is 4.22. The van der Waals surface area contributed by atoms with Gasteiger partial charge in [0, 0.05) is 25.7 Å². The van der Waals surface area contributed by atoms with Gasteiger partial charge in [-0.1, -0.05) is 11.3 Å². The molecule has 1 unspecified atom stereocenters. The van der Waals surface area contributed by atoms with E-state index in [2.05, 4.69) is 29.0 Å². The first-order valence-electron chi connectivity index (χ1n) is 7.24. The van der Waals surface area contributed by atoms with Crippen molar-refractivity contribution in [2.75, 3.05) is 24.5 Å². The highest BCUT2D eigenvalue weighted by Gasteiger charge is 2.15. The second kappa shape index (κ2) is 7.20. The van der Waals surface area contributed by atoms with Crippen LogP contribution in [0.2, 0.25) is 0 Å². The molecule has 0 aliphatic carbocycles. The number of carbonyl (C=O) groups excluding carboxylic acids is 1. The first-order chi connectivity index (χ1) is 10.0. The normalized spacial score (nSPS) is 12.6. The number of aromatic nitrogens is 1. The van der Waals surface area contributed by atoms with E-state index in [4.69, 9.17) is 5.73 Å². The van der Waals surface area contributed by atoms with E-state index in [0.29, 0.717) is 6.54 Å². The first kappa shape index (κ1) is 16.2. The molecule has 2 aromatic rings. The number of anilines is 1. The van der Waals surface area contributed by atoms with Crippen LogP contribution in [0.3, 0.4) is 0 Å². The molecule has 0 spiro atoms. The van der Waals surface area contributed by atoms with Crippen LogP contribution in [0.1, 0.15) is 36.9 Å². The van der Waals surface area contributed by atoms with Crippen molar-refractivity contribution in [3.8, 4) is 0 Å². The van der Waals surface area contributed by atoms with Gasteiger partial charge in [0.2, 0.25) is 0 Å². The molecular weight excluding hydrogens is 304 g/mol. The minimum Gasteiger partial charge on any atom is -0.351 e. The second-order valence-corrected chi connectivity index (χ2v) is 7.01. The van der Waals surface area contributed by atoms with Crippen LogP contribution in [-0.2, 0) is 0 Å². The maximum Gasteiger partial charge on any atom is 0.261 e. The van der Waals surface area contributed by atoms with Gasteiger partial charge in [0.15, 0.2) is 5.13 Å². The molecule has 1 atom stereocenters. The van der Waals surface area contributed by atoms with Gasteiger partial charge < -0.3 is 16.0 Å². The average Bonchev–Trinajstić information content (AvgIpc) is 2.98. The molecule has 0 bridgehead atoms. The molecule has 21 heavy (non-hydrogen) atoms. The summed E-state index contributed by atoms with van der Waals surface area (Å²) in [5.74, 6) is -0.0322. The Morgan fingerprint density at radius 1 is 1.43 bits per heavy atom. The van der Waals surface area contributed by atoms with Gasteiger partial charge in [-0.25, -0.2) is 4.98 Å². The summed E-state index contributed by atoms with van der Waals surface area (Å²) in [5.41, 5.74) is 5.67. The molecule has 2 heterocycles. The standard InChI is InChI=1S/C14H22N4OS2/c1-4-18(5-2)14-17-13-11(21-14)8-10(20-13)12(19)16-7-6-9(3)15/h8-9H,4-7,15H2,1-3H3,(H,16,19). The first-order valence-corrected chi connectivity index (χ1v) is 8.87. The number of hydrogen-bond acceptors (Lipinski definition) is 6. The SMILES string of the molecule is CCN(CC)c1nc2sc(C(=O)NCCC(C)N)cc2s1. The molecule has 0 aromatic carbocycles. The van der Waals surface area contributed by atoms with E-state index in [1.807, 2.05) is 13.0 Å². The monoisotopic (exact) mass is 326 g/mol. The molecule has 5 nitrogen and oxygen atoms in total. The van der Waals surface area contributed by atoms with Crippen LogP contribution in [0.25, 0.3) is 9.53 Å². The number of thiazole rings is 1. The van der Waals surface area contributed by atoms with Crippen molar-refractivity contribution in [3.63, 3.8) is 0 Å². The summed E-state index contributed by atoms with van der Waals surface area (Å²) >= 11 is 3.10. The van der Waals surface area contributed by atoms with Gasteiger partial charge in [0.25, 0.3) is 5.91 Å². The van der Waals surface area contributed by atoms with Gasteiger partial charge in [0.05, 0.1) is 9.58 Å². The minimum absolute atomic E-state index is 0.0322. The summed E-state index contributed by atoms with van der Waals surface area (Å²) < 4.78 is 1.08. The molecule has 7 heteroatoms. The Morgan fingerprint density at radius 3 is 2.71 bits per heavy atom. The Hall–Kier alpha value is -1.18. The highest BCUT2D eigenvalue weighted by Crippen LogP contribution is 2.34. The van der Waals surface area contributed by atoms with E-state index in [1.54, 1.807) is 11.3 Å². The molecule has 0 aliphatic rings. The lowest BCUT2D eigenvalue weighted by Gasteiger charge is -2.16. The van der Waals surface area contributed by atoms with Crippen LogP contribution >= 0.6 is 22.7 Å². The van der Waals surface area contributed by atoms with Crippen molar-refractivity contribution in [3.05, 3.63) is 10.9 Å². The molecule has 3 N–H and O–H groups in total. The molecule has 116 valence electrons. The van der Waals surface area contributed by atoms with Crippen LogP contribution in [-0.4, -0.2) is 36.6 Å². The Balaban J connectivity index is 2.06. The molecule has 0 saturated heterocycles. The van der Waals surface area contributed by atoms with E-state index in [9.17, 15) is 4.79 Å². The zero-order valence-electron chi connectivity index (χ0n) is 12.7. The summed E-state index contributed by atoms with van der Waals surface area (Å²) in [7, 11) is 0.